The number of aromatic nitrogens is 1. The first-order valence-electron chi connectivity index (χ1n) is 6.17. The lowest BCUT2D eigenvalue weighted by Gasteiger charge is -2.06. The molecule has 0 bridgehead atoms. The minimum atomic E-state index is 0.558. The topological polar surface area (TPSA) is 43.4 Å². The lowest BCUT2D eigenvalue weighted by atomic mass is 10.3. The van der Waals surface area contributed by atoms with Crippen LogP contribution in [0.1, 0.15) is 25.3 Å². The Kier molecular flexibility index (Phi) is 7.34. The third-order valence-corrected chi connectivity index (χ3v) is 2.30. The van der Waals surface area contributed by atoms with Gasteiger partial charge in [0.1, 0.15) is 6.61 Å². The van der Waals surface area contributed by atoms with Crippen molar-refractivity contribution in [3.05, 3.63) is 23.9 Å². The van der Waals surface area contributed by atoms with Crippen LogP contribution in [0.4, 0.5) is 0 Å². The predicted molar refractivity (Wildman–Crippen MR) is 68.2 cm³/mol. The summed E-state index contributed by atoms with van der Waals surface area (Å²) in [4.78, 5) is 4.21. The molecule has 1 aromatic heterocycles. The van der Waals surface area contributed by atoms with Crippen molar-refractivity contribution in [2.75, 3.05) is 26.9 Å². The van der Waals surface area contributed by atoms with Gasteiger partial charge in [-0.05, 0) is 19.0 Å². The van der Waals surface area contributed by atoms with E-state index in [-0.39, 0.29) is 0 Å². The Balaban J connectivity index is 2.14. The van der Waals surface area contributed by atoms with Gasteiger partial charge in [0.05, 0.1) is 6.61 Å². The van der Waals surface area contributed by atoms with Crippen LogP contribution in [-0.4, -0.2) is 31.9 Å². The molecule has 0 atom stereocenters. The number of nitrogens with zero attached hydrogens (tertiary/aromatic N) is 1. The Morgan fingerprint density at radius 3 is 2.76 bits per heavy atom. The van der Waals surface area contributed by atoms with Crippen molar-refractivity contribution < 1.29 is 9.47 Å². The zero-order valence-corrected chi connectivity index (χ0v) is 10.7. The van der Waals surface area contributed by atoms with Gasteiger partial charge in [-0.3, -0.25) is 0 Å². The SMILES string of the molecule is CCCCOCCOc1ccc(CNC)cn1. The second-order valence-electron chi connectivity index (χ2n) is 3.85. The van der Waals surface area contributed by atoms with Crippen LogP contribution in [0.3, 0.4) is 0 Å². The summed E-state index contributed by atoms with van der Waals surface area (Å²) in [5.41, 5.74) is 1.15. The first-order valence-corrected chi connectivity index (χ1v) is 6.17. The lowest BCUT2D eigenvalue weighted by molar-refractivity contribution is 0.0965. The second kappa shape index (κ2) is 8.96. The Morgan fingerprint density at radius 1 is 1.24 bits per heavy atom. The van der Waals surface area contributed by atoms with Crippen LogP contribution in [0, 0.1) is 0 Å². The molecule has 4 nitrogen and oxygen atoms in total. The van der Waals surface area contributed by atoms with Crippen LogP contribution in [-0.2, 0) is 11.3 Å². The maximum absolute atomic E-state index is 5.46. The molecule has 0 aliphatic carbocycles. The van der Waals surface area contributed by atoms with Crippen LogP contribution >= 0.6 is 0 Å². The van der Waals surface area contributed by atoms with Crippen molar-refractivity contribution in [3.8, 4) is 5.88 Å². The van der Waals surface area contributed by atoms with Crippen molar-refractivity contribution >= 4 is 0 Å². The quantitative estimate of drug-likeness (QED) is 0.668. The fourth-order valence-corrected chi connectivity index (χ4v) is 1.36. The summed E-state index contributed by atoms with van der Waals surface area (Å²) in [6.45, 7) is 4.97. The molecule has 0 saturated carbocycles. The van der Waals surface area contributed by atoms with E-state index in [2.05, 4.69) is 17.2 Å². The van der Waals surface area contributed by atoms with E-state index in [0.717, 1.165) is 31.6 Å². The Morgan fingerprint density at radius 2 is 2.12 bits per heavy atom. The van der Waals surface area contributed by atoms with Crippen molar-refractivity contribution in [2.45, 2.75) is 26.3 Å². The highest BCUT2D eigenvalue weighted by Gasteiger charge is 1.96. The molecule has 0 aromatic carbocycles. The van der Waals surface area contributed by atoms with E-state index in [4.69, 9.17) is 9.47 Å². The molecule has 96 valence electrons. The summed E-state index contributed by atoms with van der Waals surface area (Å²) in [5, 5.41) is 3.07. The van der Waals surface area contributed by atoms with E-state index in [0.29, 0.717) is 19.1 Å². The number of nitrogens with one attached hydrogen (secondary N) is 1. The fourth-order valence-electron chi connectivity index (χ4n) is 1.36. The van der Waals surface area contributed by atoms with Crippen LogP contribution in [0.5, 0.6) is 5.88 Å². The second-order valence-corrected chi connectivity index (χ2v) is 3.85. The Hall–Kier alpha value is -1.13. The molecule has 0 fully saturated rings. The number of rotatable bonds is 9. The van der Waals surface area contributed by atoms with Crippen molar-refractivity contribution in [2.24, 2.45) is 0 Å². The van der Waals surface area contributed by atoms with E-state index < -0.39 is 0 Å². The minimum Gasteiger partial charge on any atom is -0.475 e. The largest absolute Gasteiger partial charge is 0.475 e. The molecule has 0 spiro atoms. The molecule has 0 radical (unpaired) electrons. The number of hydrogen-bond donors (Lipinski definition) is 1. The van der Waals surface area contributed by atoms with Gasteiger partial charge < -0.3 is 14.8 Å². The van der Waals surface area contributed by atoms with Crippen LogP contribution < -0.4 is 10.1 Å². The summed E-state index contributed by atoms with van der Waals surface area (Å²) in [6, 6.07) is 3.90. The fraction of sp³-hybridized carbons (Fsp3) is 0.615. The summed E-state index contributed by atoms with van der Waals surface area (Å²) in [5.74, 6) is 0.656. The van der Waals surface area contributed by atoms with Crippen molar-refractivity contribution in [3.63, 3.8) is 0 Å². The van der Waals surface area contributed by atoms with Gasteiger partial charge >= 0.3 is 0 Å². The standard InChI is InChI=1S/C13H22N2O2/c1-3-4-7-16-8-9-17-13-6-5-12(10-14-2)11-15-13/h5-6,11,14H,3-4,7-10H2,1-2H3. The third-order valence-electron chi connectivity index (χ3n) is 2.30. The molecule has 0 unspecified atom stereocenters. The van der Waals surface area contributed by atoms with E-state index in [1.807, 2.05) is 25.4 Å². The molecule has 0 aliphatic heterocycles. The Labute approximate surface area is 103 Å². The molecule has 4 heteroatoms. The number of hydrogen-bond acceptors (Lipinski definition) is 4. The van der Waals surface area contributed by atoms with Gasteiger partial charge in [-0.25, -0.2) is 4.98 Å². The molecule has 0 amide bonds. The van der Waals surface area contributed by atoms with Crippen LogP contribution in [0.2, 0.25) is 0 Å². The van der Waals surface area contributed by atoms with Gasteiger partial charge in [0.25, 0.3) is 0 Å². The van der Waals surface area contributed by atoms with Crippen LogP contribution in [0.25, 0.3) is 0 Å². The minimum absolute atomic E-state index is 0.558. The normalized spacial score (nSPS) is 10.5. The zero-order valence-electron chi connectivity index (χ0n) is 10.7. The van der Waals surface area contributed by atoms with E-state index in [9.17, 15) is 0 Å². The molecule has 1 rings (SSSR count). The van der Waals surface area contributed by atoms with E-state index in [1.165, 1.54) is 0 Å². The lowest BCUT2D eigenvalue weighted by Crippen LogP contribution is -2.09. The highest BCUT2D eigenvalue weighted by molar-refractivity contribution is 5.17. The van der Waals surface area contributed by atoms with Gasteiger partial charge in [0.15, 0.2) is 0 Å². The number of ether oxygens (including phenoxy) is 2. The molecule has 1 heterocycles. The van der Waals surface area contributed by atoms with Gasteiger partial charge in [0.2, 0.25) is 5.88 Å². The summed E-state index contributed by atoms with van der Waals surface area (Å²) < 4.78 is 10.9. The molecular weight excluding hydrogens is 216 g/mol. The number of pyridine rings is 1. The molecule has 0 aliphatic rings. The first kappa shape index (κ1) is 13.9. The van der Waals surface area contributed by atoms with Gasteiger partial charge in [-0.1, -0.05) is 19.4 Å². The summed E-state index contributed by atoms with van der Waals surface area (Å²) in [7, 11) is 1.91. The van der Waals surface area contributed by atoms with Gasteiger partial charge in [0, 0.05) is 25.4 Å². The van der Waals surface area contributed by atoms with Crippen LogP contribution in [0.15, 0.2) is 18.3 Å². The third kappa shape index (κ3) is 6.24. The van der Waals surface area contributed by atoms with Gasteiger partial charge in [-0.2, -0.15) is 0 Å². The molecule has 1 aromatic rings. The zero-order chi connectivity index (χ0) is 12.3. The Bertz CT molecular complexity index is 288. The highest BCUT2D eigenvalue weighted by Crippen LogP contribution is 2.07. The molecule has 0 saturated heterocycles. The van der Waals surface area contributed by atoms with Gasteiger partial charge in [-0.15, -0.1) is 0 Å². The predicted octanol–water partition coefficient (Wildman–Crippen LogP) is 2.00. The van der Waals surface area contributed by atoms with Crippen molar-refractivity contribution in [1.82, 2.24) is 10.3 Å². The summed E-state index contributed by atoms with van der Waals surface area (Å²) in [6.07, 6.45) is 4.09. The monoisotopic (exact) mass is 238 g/mol. The van der Waals surface area contributed by atoms with Crippen molar-refractivity contribution in [1.29, 1.82) is 0 Å². The first-order chi connectivity index (χ1) is 8.36. The molecule has 1 N–H and O–H groups in total. The smallest absolute Gasteiger partial charge is 0.213 e. The average Bonchev–Trinajstić information content (AvgIpc) is 2.36. The van der Waals surface area contributed by atoms with E-state index >= 15 is 0 Å². The molecule has 17 heavy (non-hydrogen) atoms. The van der Waals surface area contributed by atoms with E-state index in [1.54, 1.807) is 0 Å². The maximum atomic E-state index is 5.46. The summed E-state index contributed by atoms with van der Waals surface area (Å²) >= 11 is 0. The maximum Gasteiger partial charge on any atom is 0.213 e. The highest BCUT2D eigenvalue weighted by atomic mass is 16.5. The average molecular weight is 238 g/mol. The number of unbranched alkanes of at least 4 members (excludes halogenated alkanes) is 1. The molecular formula is C13H22N2O2.